The van der Waals surface area contributed by atoms with Gasteiger partial charge < -0.3 is 5.32 Å². The van der Waals surface area contributed by atoms with Crippen LogP contribution in [0.1, 0.15) is 11.1 Å². The first-order chi connectivity index (χ1) is 9.49. The Morgan fingerprint density at radius 2 is 2.10 bits per heavy atom. The van der Waals surface area contributed by atoms with Crippen LogP contribution in [0.4, 0.5) is 11.4 Å². The summed E-state index contributed by atoms with van der Waals surface area (Å²) >= 11 is 9.46. The number of anilines is 1. The maximum Gasteiger partial charge on any atom is 0.275 e. The van der Waals surface area contributed by atoms with Crippen molar-refractivity contribution in [1.29, 1.82) is 0 Å². The average Bonchev–Trinajstić information content (AvgIpc) is 2.40. The fourth-order valence-corrected chi connectivity index (χ4v) is 2.46. The number of nitrogens with one attached hydrogen (secondary N) is 1. The Hall–Kier alpha value is -1.59. The summed E-state index contributed by atoms with van der Waals surface area (Å²) < 4.78 is 0.944. The lowest BCUT2D eigenvalue weighted by Gasteiger charge is -2.11. The average molecular weight is 356 g/mol. The highest BCUT2D eigenvalue weighted by Gasteiger charge is 2.16. The summed E-state index contributed by atoms with van der Waals surface area (Å²) in [6.07, 6.45) is 0. The fourth-order valence-electron chi connectivity index (χ4n) is 1.86. The minimum absolute atomic E-state index is 0.0256. The summed E-state index contributed by atoms with van der Waals surface area (Å²) in [6, 6.07) is 10.5. The van der Waals surface area contributed by atoms with Crippen molar-refractivity contribution in [2.45, 2.75) is 13.5 Å². The molecule has 1 N–H and O–H groups in total. The van der Waals surface area contributed by atoms with Gasteiger partial charge in [-0.15, -0.1) is 0 Å². The highest BCUT2D eigenvalue weighted by atomic mass is 79.9. The second-order valence-corrected chi connectivity index (χ2v) is 5.63. The van der Waals surface area contributed by atoms with Crippen LogP contribution in [0.3, 0.4) is 0 Å². The first-order valence-corrected chi connectivity index (χ1v) is 7.08. The van der Waals surface area contributed by atoms with Crippen molar-refractivity contribution >= 4 is 38.9 Å². The summed E-state index contributed by atoms with van der Waals surface area (Å²) in [5, 5.41) is 14.6. The molecule has 2 aromatic rings. The molecule has 0 heterocycles. The molecule has 0 aliphatic carbocycles. The molecule has 20 heavy (non-hydrogen) atoms. The minimum Gasteiger partial charge on any atom is -0.380 e. The molecule has 0 bridgehead atoms. The topological polar surface area (TPSA) is 55.2 Å². The standard InChI is InChI=1S/C14H12BrClN2O2/c1-9-5-6-10(15)7-13(9)17-8-11-12(16)3-2-4-14(11)18(19)20/h2-7,17H,8H2,1H3. The quantitative estimate of drug-likeness (QED) is 0.625. The van der Waals surface area contributed by atoms with Crippen LogP contribution < -0.4 is 5.32 Å². The van der Waals surface area contributed by atoms with Gasteiger partial charge in [-0.25, -0.2) is 0 Å². The van der Waals surface area contributed by atoms with Gasteiger partial charge in [0.2, 0.25) is 0 Å². The molecule has 0 aliphatic heterocycles. The second kappa shape index (κ2) is 6.24. The lowest BCUT2D eigenvalue weighted by molar-refractivity contribution is -0.385. The summed E-state index contributed by atoms with van der Waals surface area (Å²) in [5.74, 6) is 0. The van der Waals surface area contributed by atoms with Gasteiger partial charge in [-0.05, 0) is 30.7 Å². The summed E-state index contributed by atoms with van der Waals surface area (Å²) in [4.78, 5) is 10.6. The van der Waals surface area contributed by atoms with Crippen LogP contribution in [0.25, 0.3) is 0 Å². The van der Waals surface area contributed by atoms with Crippen molar-refractivity contribution in [3.63, 3.8) is 0 Å². The SMILES string of the molecule is Cc1ccc(Br)cc1NCc1c(Cl)cccc1[N+](=O)[O-]. The van der Waals surface area contributed by atoms with E-state index in [1.807, 2.05) is 25.1 Å². The van der Waals surface area contributed by atoms with Crippen molar-refractivity contribution in [2.75, 3.05) is 5.32 Å². The molecule has 0 saturated heterocycles. The third kappa shape index (κ3) is 3.29. The van der Waals surface area contributed by atoms with Crippen LogP contribution in [0, 0.1) is 17.0 Å². The van der Waals surface area contributed by atoms with Crippen LogP contribution >= 0.6 is 27.5 Å². The van der Waals surface area contributed by atoms with Gasteiger partial charge in [0.1, 0.15) is 0 Å². The third-order valence-electron chi connectivity index (χ3n) is 2.95. The van der Waals surface area contributed by atoms with E-state index in [1.54, 1.807) is 12.1 Å². The molecule has 0 spiro atoms. The van der Waals surface area contributed by atoms with E-state index in [-0.39, 0.29) is 5.69 Å². The second-order valence-electron chi connectivity index (χ2n) is 4.31. The number of nitro groups is 1. The zero-order valence-electron chi connectivity index (χ0n) is 10.7. The molecule has 2 rings (SSSR count). The normalized spacial score (nSPS) is 10.3. The molecule has 0 aromatic heterocycles. The smallest absolute Gasteiger partial charge is 0.275 e. The fraction of sp³-hybridized carbons (Fsp3) is 0.143. The maximum atomic E-state index is 11.0. The lowest BCUT2D eigenvalue weighted by atomic mass is 10.1. The molecule has 2 aromatic carbocycles. The number of hydrogen-bond acceptors (Lipinski definition) is 3. The van der Waals surface area contributed by atoms with Crippen molar-refractivity contribution in [2.24, 2.45) is 0 Å². The number of nitrogens with zero attached hydrogens (tertiary/aromatic N) is 1. The molecule has 4 nitrogen and oxygen atoms in total. The van der Waals surface area contributed by atoms with E-state index >= 15 is 0 Å². The Morgan fingerprint density at radius 1 is 1.35 bits per heavy atom. The molecule has 0 aliphatic rings. The van der Waals surface area contributed by atoms with Crippen LogP contribution in [0.15, 0.2) is 40.9 Å². The molecular weight excluding hydrogens is 344 g/mol. The first kappa shape index (κ1) is 14.8. The zero-order chi connectivity index (χ0) is 14.7. The minimum atomic E-state index is -0.420. The summed E-state index contributed by atoms with van der Waals surface area (Å²) in [6.45, 7) is 2.27. The lowest BCUT2D eigenvalue weighted by Crippen LogP contribution is -2.05. The van der Waals surface area contributed by atoms with E-state index in [1.165, 1.54) is 6.07 Å². The van der Waals surface area contributed by atoms with E-state index in [2.05, 4.69) is 21.2 Å². The van der Waals surface area contributed by atoms with Crippen molar-refractivity contribution in [3.05, 3.63) is 67.1 Å². The van der Waals surface area contributed by atoms with E-state index in [0.717, 1.165) is 15.7 Å². The molecule has 0 saturated carbocycles. The first-order valence-electron chi connectivity index (χ1n) is 5.91. The number of nitro benzene ring substituents is 1. The van der Waals surface area contributed by atoms with Gasteiger partial charge in [0.15, 0.2) is 0 Å². The van der Waals surface area contributed by atoms with E-state index in [4.69, 9.17) is 11.6 Å². The maximum absolute atomic E-state index is 11.0. The number of benzene rings is 2. The van der Waals surface area contributed by atoms with Crippen LogP contribution in [-0.2, 0) is 6.54 Å². The molecule has 104 valence electrons. The molecule has 6 heteroatoms. The molecule has 0 fully saturated rings. The largest absolute Gasteiger partial charge is 0.380 e. The molecule has 0 amide bonds. The Labute approximate surface area is 130 Å². The van der Waals surface area contributed by atoms with Crippen LogP contribution in [0.2, 0.25) is 5.02 Å². The molecule has 0 atom stereocenters. The number of rotatable bonds is 4. The number of halogens is 2. The van der Waals surface area contributed by atoms with Crippen molar-refractivity contribution in [1.82, 2.24) is 0 Å². The Kier molecular flexibility index (Phi) is 4.62. The number of aryl methyl sites for hydroxylation is 1. The van der Waals surface area contributed by atoms with Gasteiger partial charge in [-0.1, -0.05) is 39.7 Å². The molecule has 0 unspecified atom stereocenters. The van der Waals surface area contributed by atoms with Crippen LogP contribution in [-0.4, -0.2) is 4.92 Å². The van der Waals surface area contributed by atoms with Gasteiger partial charge >= 0.3 is 0 Å². The Balaban J connectivity index is 2.27. The summed E-state index contributed by atoms with van der Waals surface area (Å²) in [7, 11) is 0. The highest BCUT2D eigenvalue weighted by Crippen LogP contribution is 2.28. The van der Waals surface area contributed by atoms with Gasteiger partial charge in [0.25, 0.3) is 5.69 Å². The van der Waals surface area contributed by atoms with E-state index in [9.17, 15) is 10.1 Å². The van der Waals surface area contributed by atoms with Gasteiger partial charge in [-0.2, -0.15) is 0 Å². The monoisotopic (exact) mass is 354 g/mol. The Morgan fingerprint density at radius 3 is 2.80 bits per heavy atom. The van der Waals surface area contributed by atoms with E-state index < -0.39 is 4.92 Å². The van der Waals surface area contributed by atoms with Gasteiger partial charge in [0, 0.05) is 22.8 Å². The molecule has 0 radical (unpaired) electrons. The van der Waals surface area contributed by atoms with Crippen molar-refractivity contribution in [3.8, 4) is 0 Å². The predicted molar refractivity (Wildman–Crippen MR) is 84.3 cm³/mol. The van der Waals surface area contributed by atoms with E-state index in [0.29, 0.717) is 17.1 Å². The summed E-state index contributed by atoms with van der Waals surface area (Å²) in [5.41, 5.74) is 2.48. The van der Waals surface area contributed by atoms with Gasteiger partial charge in [0.05, 0.1) is 15.5 Å². The Bertz CT molecular complexity index is 662. The molecular formula is C14H12BrClN2O2. The third-order valence-corrected chi connectivity index (χ3v) is 3.79. The highest BCUT2D eigenvalue weighted by molar-refractivity contribution is 9.10. The van der Waals surface area contributed by atoms with Gasteiger partial charge in [-0.3, -0.25) is 10.1 Å². The predicted octanol–water partition coefficient (Wildman–Crippen LogP) is 4.93. The number of hydrogen-bond donors (Lipinski definition) is 1. The van der Waals surface area contributed by atoms with Crippen LogP contribution in [0.5, 0.6) is 0 Å². The zero-order valence-corrected chi connectivity index (χ0v) is 13.0. The van der Waals surface area contributed by atoms with Crippen molar-refractivity contribution < 1.29 is 4.92 Å².